The Morgan fingerprint density at radius 1 is 1.12 bits per heavy atom. The van der Waals surface area contributed by atoms with Gasteiger partial charge in [0.15, 0.2) is 0 Å². The van der Waals surface area contributed by atoms with E-state index in [1.54, 1.807) is 0 Å². The molecule has 1 aliphatic carbocycles. The third-order valence-electron chi connectivity index (χ3n) is 3.41. The van der Waals surface area contributed by atoms with Crippen LogP contribution in [0.1, 0.15) is 32.6 Å². The van der Waals surface area contributed by atoms with E-state index in [-0.39, 0.29) is 0 Å². The van der Waals surface area contributed by atoms with Gasteiger partial charge in [0.1, 0.15) is 5.75 Å². The molecule has 1 saturated carbocycles. The molecule has 0 spiro atoms. The van der Waals surface area contributed by atoms with Crippen molar-refractivity contribution in [2.45, 2.75) is 44.1 Å². The summed E-state index contributed by atoms with van der Waals surface area (Å²) in [4.78, 5) is 0. The fraction of sp³-hybridized carbons (Fsp3) is 0.571. The molecule has 1 unspecified atom stereocenters. The zero-order valence-corrected chi connectivity index (χ0v) is 10.5. The first kappa shape index (κ1) is 11.8. The molecule has 0 bridgehead atoms. The van der Waals surface area contributed by atoms with Gasteiger partial charge >= 0.3 is 0 Å². The van der Waals surface area contributed by atoms with Gasteiger partial charge in [-0.25, -0.2) is 0 Å². The maximum absolute atomic E-state index is 6.12. The second kappa shape index (κ2) is 5.58. The Morgan fingerprint density at radius 3 is 2.31 bits per heavy atom. The summed E-state index contributed by atoms with van der Waals surface area (Å²) in [5, 5.41) is 0.303. The van der Waals surface area contributed by atoms with E-state index < -0.39 is 0 Å². The number of hydrogen-bond donors (Lipinski definition) is 0. The van der Waals surface area contributed by atoms with Crippen LogP contribution >= 0.6 is 11.6 Å². The lowest BCUT2D eigenvalue weighted by atomic mass is 9.85. The molecule has 0 amide bonds. The van der Waals surface area contributed by atoms with Crippen molar-refractivity contribution in [2.75, 3.05) is 0 Å². The normalized spacial score (nSPS) is 27.4. The van der Waals surface area contributed by atoms with E-state index in [2.05, 4.69) is 6.92 Å². The highest BCUT2D eigenvalue weighted by atomic mass is 35.5. The van der Waals surface area contributed by atoms with Crippen LogP contribution in [-0.4, -0.2) is 11.5 Å². The fourth-order valence-corrected chi connectivity index (χ4v) is 2.61. The van der Waals surface area contributed by atoms with E-state index in [0.717, 1.165) is 18.6 Å². The first-order chi connectivity index (χ1) is 7.75. The Hall–Kier alpha value is -0.690. The molecule has 1 aromatic carbocycles. The molecule has 0 heterocycles. The third kappa shape index (κ3) is 3.15. The summed E-state index contributed by atoms with van der Waals surface area (Å²) in [7, 11) is 0. The van der Waals surface area contributed by atoms with E-state index in [4.69, 9.17) is 16.3 Å². The van der Waals surface area contributed by atoms with Crippen molar-refractivity contribution in [2.24, 2.45) is 5.92 Å². The van der Waals surface area contributed by atoms with Crippen molar-refractivity contribution >= 4 is 11.6 Å². The summed E-state index contributed by atoms with van der Waals surface area (Å²) in [5.41, 5.74) is 0. The van der Waals surface area contributed by atoms with Crippen molar-refractivity contribution in [1.82, 2.24) is 0 Å². The maximum atomic E-state index is 6.12. The van der Waals surface area contributed by atoms with Crippen molar-refractivity contribution < 1.29 is 4.74 Å². The van der Waals surface area contributed by atoms with Crippen LogP contribution in [0.3, 0.4) is 0 Å². The van der Waals surface area contributed by atoms with Crippen molar-refractivity contribution in [3.8, 4) is 5.75 Å². The lowest BCUT2D eigenvalue weighted by Crippen LogP contribution is -2.27. The monoisotopic (exact) mass is 238 g/mol. The minimum absolute atomic E-state index is 0.303. The predicted molar refractivity (Wildman–Crippen MR) is 68.1 cm³/mol. The molecule has 0 radical (unpaired) electrons. The van der Waals surface area contributed by atoms with Crippen LogP contribution in [0, 0.1) is 5.92 Å². The lowest BCUT2D eigenvalue weighted by Gasteiger charge is -2.30. The molecular weight excluding hydrogens is 220 g/mol. The maximum Gasteiger partial charge on any atom is 0.119 e. The number of halogens is 1. The number of rotatable bonds is 3. The van der Waals surface area contributed by atoms with Gasteiger partial charge in [0.2, 0.25) is 0 Å². The number of hydrogen-bond acceptors (Lipinski definition) is 1. The van der Waals surface area contributed by atoms with Gasteiger partial charge in [0.05, 0.1) is 6.10 Å². The highest BCUT2D eigenvalue weighted by molar-refractivity contribution is 6.20. The van der Waals surface area contributed by atoms with E-state index in [1.165, 1.54) is 12.8 Å². The Kier molecular flexibility index (Phi) is 4.11. The van der Waals surface area contributed by atoms with E-state index in [0.29, 0.717) is 17.4 Å². The highest BCUT2D eigenvalue weighted by Gasteiger charge is 2.25. The molecule has 1 fully saturated rings. The topological polar surface area (TPSA) is 9.23 Å². The van der Waals surface area contributed by atoms with Crippen LogP contribution in [-0.2, 0) is 0 Å². The van der Waals surface area contributed by atoms with Gasteiger partial charge in [0.25, 0.3) is 0 Å². The lowest BCUT2D eigenvalue weighted by molar-refractivity contribution is 0.131. The second-order valence-electron chi connectivity index (χ2n) is 4.65. The minimum Gasteiger partial charge on any atom is -0.490 e. The van der Waals surface area contributed by atoms with Crippen LogP contribution in [0.4, 0.5) is 0 Å². The first-order valence-corrected chi connectivity index (χ1v) is 6.55. The zero-order valence-electron chi connectivity index (χ0n) is 9.73. The summed E-state index contributed by atoms with van der Waals surface area (Å²) < 4.78 is 5.94. The molecule has 0 aliphatic heterocycles. The Labute approximate surface area is 103 Å². The minimum atomic E-state index is 0.303. The third-order valence-corrected chi connectivity index (χ3v) is 3.77. The van der Waals surface area contributed by atoms with Gasteiger partial charge in [-0.3, -0.25) is 0 Å². The molecule has 0 saturated heterocycles. The van der Waals surface area contributed by atoms with Crippen molar-refractivity contribution in [1.29, 1.82) is 0 Å². The molecule has 0 N–H and O–H groups in total. The van der Waals surface area contributed by atoms with Gasteiger partial charge in [-0.2, -0.15) is 0 Å². The zero-order chi connectivity index (χ0) is 11.4. The highest BCUT2D eigenvalue weighted by Crippen LogP contribution is 2.31. The summed E-state index contributed by atoms with van der Waals surface area (Å²) in [6.45, 7) is 2.10. The SMILES string of the molecule is CC(Cl)C1CCC(Oc2ccccc2)CC1. The largest absolute Gasteiger partial charge is 0.490 e. The summed E-state index contributed by atoms with van der Waals surface area (Å²) in [6, 6.07) is 10.1. The van der Waals surface area contributed by atoms with Gasteiger partial charge < -0.3 is 4.74 Å². The molecule has 88 valence electrons. The number of benzene rings is 1. The predicted octanol–water partition coefficient (Wildman–Crippen LogP) is 4.25. The number of para-hydroxylation sites is 1. The molecule has 16 heavy (non-hydrogen) atoms. The average Bonchev–Trinajstić information content (AvgIpc) is 2.31. The summed E-state index contributed by atoms with van der Waals surface area (Å²) >= 11 is 6.12. The van der Waals surface area contributed by atoms with Crippen molar-refractivity contribution in [3.63, 3.8) is 0 Å². The number of alkyl halides is 1. The standard InChI is InChI=1S/C14H19ClO/c1-11(15)12-7-9-14(10-8-12)16-13-5-3-2-4-6-13/h2-6,11-12,14H,7-10H2,1H3. The van der Waals surface area contributed by atoms with Crippen LogP contribution in [0.2, 0.25) is 0 Å². The molecule has 2 rings (SSSR count). The van der Waals surface area contributed by atoms with Crippen LogP contribution in [0.25, 0.3) is 0 Å². The van der Waals surface area contributed by atoms with Crippen LogP contribution < -0.4 is 4.74 Å². The second-order valence-corrected chi connectivity index (χ2v) is 5.33. The average molecular weight is 239 g/mol. The van der Waals surface area contributed by atoms with Gasteiger partial charge in [-0.15, -0.1) is 11.6 Å². The first-order valence-electron chi connectivity index (χ1n) is 6.11. The van der Waals surface area contributed by atoms with E-state index in [9.17, 15) is 0 Å². The Balaban J connectivity index is 1.82. The number of ether oxygens (including phenoxy) is 1. The van der Waals surface area contributed by atoms with E-state index >= 15 is 0 Å². The molecule has 1 aromatic rings. The molecule has 1 aliphatic rings. The van der Waals surface area contributed by atoms with Crippen LogP contribution in [0.5, 0.6) is 5.75 Å². The molecule has 0 aromatic heterocycles. The Morgan fingerprint density at radius 2 is 1.75 bits per heavy atom. The smallest absolute Gasteiger partial charge is 0.119 e. The van der Waals surface area contributed by atoms with Gasteiger partial charge in [-0.1, -0.05) is 18.2 Å². The summed E-state index contributed by atoms with van der Waals surface area (Å²) in [5.74, 6) is 1.67. The van der Waals surface area contributed by atoms with Crippen molar-refractivity contribution in [3.05, 3.63) is 30.3 Å². The van der Waals surface area contributed by atoms with Crippen LogP contribution in [0.15, 0.2) is 30.3 Å². The molecule has 2 heteroatoms. The fourth-order valence-electron chi connectivity index (χ4n) is 2.36. The van der Waals surface area contributed by atoms with E-state index in [1.807, 2.05) is 30.3 Å². The summed E-state index contributed by atoms with van der Waals surface area (Å²) in [6.07, 6.45) is 5.05. The molecule has 1 nitrogen and oxygen atoms in total. The Bertz CT molecular complexity index is 302. The molecular formula is C14H19ClO. The molecule has 1 atom stereocenters. The quantitative estimate of drug-likeness (QED) is 0.716. The van der Waals surface area contributed by atoms with Gasteiger partial charge in [-0.05, 0) is 50.7 Å². The van der Waals surface area contributed by atoms with Gasteiger partial charge in [0, 0.05) is 5.38 Å².